The fraction of sp³-hybridized carbons (Fsp3) is 1.00. The summed E-state index contributed by atoms with van der Waals surface area (Å²) in [6.07, 6.45) is 0. The van der Waals surface area contributed by atoms with Crippen molar-refractivity contribution in [3.63, 3.8) is 0 Å². The molecule has 0 aromatic heterocycles. The Morgan fingerprint density at radius 1 is 0.882 bits per heavy atom. The Morgan fingerprint density at radius 3 is 1.29 bits per heavy atom. The Morgan fingerprint density at radius 2 is 1.12 bits per heavy atom. The van der Waals surface area contributed by atoms with Crippen molar-refractivity contribution in [1.29, 1.82) is 0 Å². The molecule has 0 bridgehead atoms. The maximum absolute atomic E-state index is 5.00. The zero-order valence-electron chi connectivity index (χ0n) is 10.1. The van der Waals surface area contributed by atoms with Gasteiger partial charge in [0, 0.05) is 27.2 Å². The van der Waals surface area contributed by atoms with Crippen LogP contribution in [0, 0.1) is 5.41 Å². The van der Waals surface area contributed by atoms with Crippen LogP contribution in [0.5, 0.6) is 0 Å². The second kappa shape index (κ2) is 5.38. The number of hydrogen-bond acceptors (Lipinski definition) is 2. The molecular weight excluding hydrogens is 387 g/mol. The van der Waals surface area contributed by atoms with Gasteiger partial charge in [-0.05, 0) is 5.41 Å². The third-order valence-corrected chi connectivity index (χ3v) is 2.90. The Balaban J connectivity index is 0.000000325. The second-order valence-electron chi connectivity index (χ2n) is 5.07. The summed E-state index contributed by atoms with van der Waals surface area (Å²) in [4.78, 5) is 0. The average Bonchev–Trinajstić information content (AvgIpc) is 1.69. The molecule has 1 aliphatic rings. The monoisotopic (exact) mass is 402 g/mol. The summed E-state index contributed by atoms with van der Waals surface area (Å²) in [6.45, 7) is 7.18. The van der Waals surface area contributed by atoms with Crippen LogP contribution in [0.4, 0.5) is 0 Å². The van der Waals surface area contributed by atoms with E-state index in [1.807, 2.05) is 0 Å². The van der Waals surface area contributed by atoms with Crippen LogP contribution in [0.25, 0.3) is 0 Å². The molecule has 1 aliphatic heterocycles. The van der Waals surface area contributed by atoms with Crippen molar-refractivity contribution >= 4 is 78.4 Å². The molecule has 1 fully saturated rings. The van der Waals surface area contributed by atoms with Crippen molar-refractivity contribution in [2.45, 2.75) is 13.8 Å². The van der Waals surface area contributed by atoms with Gasteiger partial charge in [0.15, 0.2) is 0 Å². The van der Waals surface area contributed by atoms with E-state index in [9.17, 15) is 0 Å². The summed E-state index contributed by atoms with van der Waals surface area (Å²) in [7, 11) is 4.85. The van der Waals surface area contributed by atoms with Gasteiger partial charge in [0.1, 0.15) is 8.88 Å². The summed E-state index contributed by atoms with van der Waals surface area (Å²) in [5.74, 6) is 0. The van der Waals surface area contributed by atoms with Gasteiger partial charge in [-0.2, -0.15) is 9.34 Å². The zero-order valence-corrected chi connectivity index (χ0v) is 16.7. The molecule has 0 aromatic rings. The fourth-order valence-corrected chi connectivity index (χ4v) is 3.64. The predicted octanol–water partition coefficient (Wildman–Crippen LogP) is 6.13. The molecule has 1 saturated heterocycles. The van der Waals surface area contributed by atoms with Crippen LogP contribution in [0.3, 0.4) is 0 Å². The van der Waals surface area contributed by atoms with Crippen LogP contribution in [0.15, 0.2) is 0 Å². The van der Waals surface area contributed by atoms with Crippen molar-refractivity contribution in [1.82, 2.24) is 9.34 Å². The summed E-state index contributed by atoms with van der Waals surface area (Å²) in [5.41, 5.74) is 0.495. The Kier molecular flexibility index (Phi) is 6.17. The third kappa shape index (κ3) is 18.5. The van der Waals surface area contributed by atoms with E-state index in [1.54, 1.807) is 0 Å². The van der Waals surface area contributed by atoms with Crippen LogP contribution in [-0.2, 0) is 0 Å². The van der Waals surface area contributed by atoms with Crippen LogP contribution >= 0.6 is 78.4 Å². The molecule has 0 N–H and O–H groups in total. The molecule has 17 heavy (non-hydrogen) atoms. The number of rotatable bonds is 0. The van der Waals surface area contributed by atoms with Crippen LogP contribution in [0.2, 0.25) is 0 Å². The Labute approximate surface area is 133 Å². The molecule has 0 radical (unpaired) electrons. The van der Waals surface area contributed by atoms with Crippen LogP contribution < -0.4 is 0 Å². The first-order valence-corrected chi connectivity index (χ1v) is 13.9. The van der Waals surface area contributed by atoms with E-state index in [1.165, 1.54) is 13.1 Å². The summed E-state index contributed by atoms with van der Waals surface area (Å²) < 4.78 is 0.0718. The molecule has 0 spiro atoms. The normalized spacial score (nSPS) is 26.5. The first-order chi connectivity index (χ1) is 6.94. The van der Waals surface area contributed by atoms with Gasteiger partial charge in [0.2, 0.25) is 0 Å². The SMILES string of the molecule is CN1CC(C)(C)CN(C)[PH2+]1.Cl[P-](Cl)(Cl)(Cl)(Cl)Cl. The average molecular weight is 405 g/mol. The van der Waals surface area contributed by atoms with Crippen molar-refractivity contribution in [3.8, 4) is 0 Å². The predicted molar refractivity (Wildman–Crippen MR) is 90.8 cm³/mol. The van der Waals surface area contributed by atoms with Gasteiger partial charge in [0.05, 0.1) is 0 Å². The van der Waals surface area contributed by atoms with Gasteiger partial charge >= 0.3 is 69.5 Å². The molecule has 1 heterocycles. The molecule has 108 valence electrons. The molecule has 0 aromatic carbocycles. The van der Waals surface area contributed by atoms with E-state index in [-0.39, 0.29) is 0 Å². The van der Waals surface area contributed by atoms with E-state index >= 15 is 0 Å². The molecule has 1 rings (SSSR count). The zero-order chi connectivity index (χ0) is 14.2. The molecular formula is C7H18Cl6N2P2. The number of nitrogens with zero attached hydrogens (tertiary/aromatic N) is 2. The standard InChI is InChI=1S/C7H17N2P.Cl6P/c1-7(2)5-8(3)10-9(4)6-7;1-7(2,3,4,5)6/h10H,5-6H2,1-4H3;/q;-1/p+1. The van der Waals surface area contributed by atoms with Gasteiger partial charge in [-0.1, -0.05) is 13.8 Å². The van der Waals surface area contributed by atoms with E-state index in [0.29, 0.717) is 14.3 Å². The van der Waals surface area contributed by atoms with E-state index in [2.05, 4.69) is 37.3 Å². The van der Waals surface area contributed by atoms with E-state index in [0.717, 1.165) is 0 Å². The molecule has 0 atom stereocenters. The van der Waals surface area contributed by atoms with Crippen LogP contribution in [-0.4, -0.2) is 36.5 Å². The minimum atomic E-state index is -4.82. The topological polar surface area (TPSA) is 6.48 Å². The minimum absolute atomic E-state index is 0.419. The maximum atomic E-state index is 5.00. The molecule has 0 aliphatic carbocycles. The van der Waals surface area contributed by atoms with Gasteiger partial charge in [0.25, 0.3) is 0 Å². The number of hydrogen-bond donors (Lipinski definition) is 0. The van der Waals surface area contributed by atoms with Crippen molar-refractivity contribution in [2.24, 2.45) is 5.41 Å². The number of halogens is 6. The molecule has 10 heteroatoms. The van der Waals surface area contributed by atoms with E-state index < -0.39 is 2.06 Å². The third-order valence-electron chi connectivity index (χ3n) is 1.75. The summed E-state index contributed by atoms with van der Waals surface area (Å²) >= 11 is 30.0. The van der Waals surface area contributed by atoms with Gasteiger partial charge in [-0.3, -0.25) is 0 Å². The Hall–Kier alpha value is 2.52. The van der Waals surface area contributed by atoms with Gasteiger partial charge in [-0.15, -0.1) is 0 Å². The Bertz CT molecular complexity index is 250. The first kappa shape index (κ1) is 19.5. The van der Waals surface area contributed by atoms with Crippen molar-refractivity contribution < 1.29 is 0 Å². The van der Waals surface area contributed by atoms with Crippen molar-refractivity contribution in [3.05, 3.63) is 0 Å². The summed E-state index contributed by atoms with van der Waals surface area (Å²) in [5, 5.41) is 0. The molecule has 2 nitrogen and oxygen atoms in total. The van der Waals surface area contributed by atoms with Crippen molar-refractivity contribution in [2.75, 3.05) is 27.2 Å². The van der Waals surface area contributed by atoms with Gasteiger partial charge in [-0.25, -0.2) is 0 Å². The van der Waals surface area contributed by atoms with Crippen LogP contribution in [0.1, 0.15) is 13.8 Å². The second-order valence-corrected chi connectivity index (χ2v) is 32.0. The molecule has 0 unspecified atom stereocenters. The van der Waals surface area contributed by atoms with E-state index in [4.69, 9.17) is 67.4 Å². The molecule has 0 amide bonds. The first-order valence-electron chi connectivity index (χ1n) is 4.76. The van der Waals surface area contributed by atoms with Gasteiger partial charge < -0.3 is 0 Å². The molecule has 0 saturated carbocycles. The quantitative estimate of drug-likeness (QED) is 0.448. The summed E-state index contributed by atoms with van der Waals surface area (Å²) in [6, 6.07) is 0. The fourth-order valence-electron chi connectivity index (χ4n) is 1.82.